The molecule has 0 spiro atoms. The number of aromatic hydroxyl groups is 1. The van der Waals surface area contributed by atoms with Crippen LogP contribution in [0.5, 0.6) is 5.75 Å². The number of aromatic nitrogens is 1. The summed E-state index contributed by atoms with van der Waals surface area (Å²) in [4.78, 5) is 16.1. The minimum absolute atomic E-state index is 0.0316. The van der Waals surface area contributed by atoms with Gasteiger partial charge < -0.3 is 10.4 Å². The fourth-order valence-corrected chi connectivity index (χ4v) is 1.68. The van der Waals surface area contributed by atoms with Crippen LogP contribution in [0.3, 0.4) is 0 Å². The van der Waals surface area contributed by atoms with Crippen molar-refractivity contribution in [1.29, 1.82) is 0 Å². The molecule has 4 nitrogen and oxygen atoms in total. The van der Waals surface area contributed by atoms with Crippen molar-refractivity contribution in [1.82, 2.24) is 10.3 Å². The van der Waals surface area contributed by atoms with E-state index >= 15 is 0 Å². The van der Waals surface area contributed by atoms with Gasteiger partial charge >= 0.3 is 0 Å². The second kappa shape index (κ2) is 5.48. The van der Waals surface area contributed by atoms with E-state index in [1.54, 1.807) is 25.3 Å². The highest BCUT2D eigenvalue weighted by Gasteiger charge is 2.15. The summed E-state index contributed by atoms with van der Waals surface area (Å²) in [5.41, 5.74) is 0.738. The smallest absolute Gasteiger partial charge is 0.255 e. The first-order valence-corrected chi connectivity index (χ1v) is 5.78. The Balaban J connectivity index is 2.13. The Hall–Kier alpha value is -2.43. The number of phenols is 1. The average molecular weight is 260 g/mol. The first kappa shape index (κ1) is 13.0. The summed E-state index contributed by atoms with van der Waals surface area (Å²) in [6.45, 7) is 1.78. The van der Waals surface area contributed by atoms with E-state index in [1.165, 1.54) is 6.07 Å². The molecule has 2 aromatic rings. The van der Waals surface area contributed by atoms with Gasteiger partial charge in [-0.1, -0.05) is 6.07 Å². The SMILES string of the molecule is CC(NC(=O)c1ccc(F)cc1O)c1ccccn1. The van der Waals surface area contributed by atoms with E-state index in [-0.39, 0.29) is 17.4 Å². The number of pyridine rings is 1. The van der Waals surface area contributed by atoms with Crippen LogP contribution in [0.25, 0.3) is 0 Å². The Labute approximate surface area is 109 Å². The number of halogens is 1. The molecule has 1 aromatic carbocycles. The second-order valence-corrected chi connectivity index (χ2v) is 4.11. The van der Waals surface area contributed by atoms with E-state index in [1.807, 2.05) is 6.07 Å². The van der Waals surface area contributed by atoms with Crippen LogP contribution in [-0.2, 0) is 0 Å². The maximum Gasteiger partial charge on any atom is 0.255 e. The molecule has 0 aliphatic carbocycles. The lowest BCUT2D eigenvalue weighted by Gasteiger charge is -2.13. The van der Waals surface area contributed by atoms with Crippen LogP contribution in [0.2, 0.25) is 0 Å². The lowest BCUT2D eigenvalue weighted by Crippen LogP contribution is -2.27. The minimum Gasteiger partial charge on any atom is -0.507 e. The normalized spacial score (nSPS) is 11.9. The largest absolute Gasteiger partial charge is 0.507 e. The van der Waals surface area contributed by atoms with Crippen molar-refractivity contribution in [2.24, 2.45) is 0 Å². The highest BCUT2D eigenvalue weighted by molar-refractivity contribution is 5.96. The number of rotatable bonds is 3. The van der Waals surface area contributed by atoms with E-state index in [9.17, 15) is 14.3 Å². The maximum atomic E-state index is 12.8. The molecule has 0 saturated heterocycles. The Kier molecular flexibility index (Phi) is 3.75. The summed E-state index contributed by atoms with van der Waals surface area (Å²) >= 11 is 0. The van der Waals surface area contributed by atoms with Gasteiger partial charge in [0.15, 0.2) is 0 Å². The monoisotopic (exact) mass is 260 g/mol. The zero-order valence-electron chi connectivity index (χ0n) is 10.3. The summed E-state index contributed by atoms with van der Waals surface area (Å²) in [5.74, 6) is -1.45. The van der Waals surface area contributed by atoms with Crippen LogP contribution >= 0.6 is 0 Å². The Morgan fingerprint density at radius 2 is 2.16 bits per heavy atom. The molecule has 0 fully saturated rings. The van der Waals surface area contributed by atoms with Gasteiger partial charge in [-0.2, -0.15) is 0 Å². The quantitative estimate of drug-likeness (QED) is 0.890. The molecule has 1 heterocycles. The molecule has 0 aliphatic heterocycles. The second-order valence-electron chi connectivity index (χ2n) is 4.11. The van der Waals surface area contributed by atoms with Gasteiger partial charge in [-0.05, 0) is 31.2 Å². The predicted octanol–water partition coefficient (Wildman–Crippen LogP) is 2.42. The zero-order valence-corrected chi connectivity index (χ0v) is 10.3. The summed E-state index contributed by atoms with van der Waals surface area (Å²) in [6, 6.07) is 8.35. The first-order chi connectivity index (χ1) is 9.08. The molecule has 19 heavy (non-hydrogen) atoms. The van der Waals surface area contributed by atoms with Crippen LogP contribution in [0.4, 0.5) is 4.39 Å². The van der Waals surface area contributed by atoms with Gasteiger partial charge in [0.2, 0.25) is 0 Å². The maximum absolute atomic E-state index is 12.8. The average Bonchev–Trinajstić information content (AvgIpc) is 2.39. The third kappa shape index (κ3) is 3.07. The highest BCUT2D eigenvalue weighted by Crippen LogP contribution is 2.19. The number of carbonyl (C=O) groups excluding carboxylic acids is 1. The lowest BCUT2D eigenvalue weighted by atomic mass is 10.1. The van der Waals surface area contributed by atoms with E-state index in [4.69, 9.17) is 0 Å². The van der Waals surface area contributed by atoms with E-state index in [0.29, 0.717) is 5.69 Å². The molecule has 2 N–H and O–H groups in total. The van der Waals surface area contributed by atoms with Crippen molar-refractivity contribution in [2.45, 2.75) is 13.0 Å². The molecule has 1 atom stereocenters. The summed E-state index contributed by atoms with van der Waals surface area (Å²) < 4.78 is 12.8. The Morgan fingerprint density at radius 1 is 1.37 bits per heavy atom. The number of nitrogens with one attached hydrogen (secondary N) is 1. The zero-order chi connectivity index (χ0) is 13.8. The number of carbonyl (C=O) groups is 1. The summed E-state index contributed by atoms with van der Waals surface area (Å²) in [6.07, 6.45) is 1.63. The summed E-state index contributed by atoms with van der Waals surface area (Å²) in [5, 5.41) is 12.2. The number of amides is 1. The van der Waals surface area contributed by atoms with Crippen LogP contribution in [-0.4, -0.2) is 16.0 Å². The molecular formula is C14H13FN2O2. The first-order valence-electron chi connectivity index (χ1n) is 5.78. The Morgan fingerprint density at radius 3 is 2.79 bits per heavy atom. The van der Waals surface area contributed by atoms with Gasteiger partial charge in [-0.15, -0.1) is 0 Å². The fourth-order valence-electron chi connectivity index (χ4n) is 1.68. The van der Waals surface area contributed by atoms with Gasteiger partial charge in [0, 0.05) is 12.3 Å². The molecule has 0 saturated carbocycles. The van der Waals surface area contributed by atoms with Gasteiger partial charge in [-0.25, -0.2) is 4.39 Å². The molecule has 5 heteroatoms. The van der Waals surface area contributed by atoms with Crippen molar-refractivity contribution >= 4 is 5.91 Å². The molecule has 0 bridgehead atoms. The standard InChI is InChI=1S/C14H13FN2O2/c1-9(12-4-2-3-7-16-12)17-14(19)11-6-5-10(15)8-13(11)18/h2-9,18H,1H3,(H,17,19). The lowest BCUT2D eigenvalue weighted by molar-refractivity contribution is 0.0936. The number of phenolic OH excluding ortho intramolecular Hbond substituents is 1. The number of nitrogens with zero attached hydrogens (tertiary/aromatic N) is 1. The molecular weight excluding hydrogens is 247 g/mol. The highest BCUT2D eigenvalue weighted by atomic mass is 19.1. The molecule has 1 amide bonds. The number of hydrogen-bond acceptors (Lipinski definition) is 3. The van der Waals surface area contributed by atoms with Gasteiger partial charge in [-0.3, -0.25) is 9.78 Å². The van der Waals surface area contributed by atoms with Gasteiger partial charge in [0.05, 0.1) is 17.3 Å². The Bertz CT molecular complexity index is 587. The van der Waals surface area contributed by atoms with Crippen LogP contribution in [0.15, 0.2) is 42.6 Å². The molecule has 0 aliphatic rings. The van der Waals surface area contributed by atoms with Crippen LogP contribution in [0, 0.1) is 5.82 Å². The number of hydrogen-bond donors (Lipinski definition) is 2. The van der Waals surface area contributed by atoms with Crippen LogP contribution in [0.1, 0.15) is 29.0 Å². The predicted molar refractivity (Wildman–Crippen MR) is 68.2 cm³/mol. The third-order valence-electron chi connectivity index (χ3n) is 2.68. The third-order valence-corrected chi connectivity index (χ3v) is 2.68. The summed E-state index contributed by atoms with van der Waals surface area (Å²) in [7, 11) is 0. The number of benzene rings is 1. The van der Waals surface area contributed by atoms with Gasteiger partial charge in [0.1, 0.15) is 11.6 Å². The fraction of sp³-hybridized carbons (Fsp3) is 0.143. The molecule has 0 radical (unpaired) electrons. The van der Waals surface area contributed by atoms with Crippen molar-refractivity contribution in [2.75, 3.05) is 0 Å². The molecule has 1 unspecified atom stereocenters. The molecule has 2 rings (SSSR count). The minimum atomic E-state index is -0.591. The van der Waals surface area contributed by atoms with Gasteiger partial charge in [0.25, 0.3) is 5.91 Å². The van der Waals surface area contributed by atoms with Crippen LogP contribution < -0.4 is 5.32 Å². The van der Waals surface area contributed by atoms with Crippen molar-refractivity contribution in [3.8, 4) is 5.75 Å². The van der Waals surface area contributed by atoms with E-state index in [2.05, 4.69) is 10.3 Å². The topological polar surface area (TPSA) is 62.2 Å². The molecule has 98 valence electrons. The molecule has 1 aromatic heterocycles. The van der Waals surface area contributed by atoms with Crippen molar-refractivity contribution < 1.29 is 14.3 Å². The van der Waals surface area contributed by atoms with Crippen molar-refractivity contribution in [3.05, 3.63) is 59.7 Å². The van der Waals surface area contributed by atoms with E-state index < -0.39 is 11.7 Å². The van der Waals surface area contributed by atoms with E-state index in [0.717, 1.165) is 12.1 Å². The van der Waals surface area contributed by atoms with Crippen molar-refractivity contribution in [3.63, 3.8) is 0 Å².